The molecular formula is C26H20N4O5S2. The molecule has 3 aromatic carbocycles. The molecule has 2 aliphatic rings. The van der Waals surface area contributed by atoms with Gasteiger partial charge in [0.25, 0.3) is 5.91 Å². The summed E-state index contributed by atoms with van der Waals surface area (Å²) in [5, 5.41) is 15.0. The summed E-state index contributed by atoms with van der Waals surface area (Å²) in [6.45, 7) is 2.04. The van der Waals surface area contributed by atoms with Crippen LogP contribution < -0.4 is 8.92 Å². The highest BCUT2D eigenvalue weighted by molar-refractivity contribution is 8.27. The molecule has 0 saturated heterocycles. The average Bonchev–Trinajstić information content (AvgIpc) is 3.30. The van der Waals surface area contributed by atoms with Crippen molar-refractivity contribution in [2.45, 2.75) is 11.8 Å². The van der Waals surface area contributed by atoms with Gasteiger partial charge in [-0.15, -0.1) is 0 Å². The topological polar surface area (TPSA) is 121 Å². The summed E-state index contributed by atoms with van der Waals surface area (Å²) >= 11 is 1.17. The molecule has 1 amide bonds. The van der Waals surface area contributed by atoms with Gasteiger partial charge in [-0.3, -0.25) is 10.2 Å². The summed E-state index contributed by atoms with van der Waals surface area (Å²) in [6, 6.07) is 21.7. The Morgan fingerprint density at radius 1 is 0.973 bits per heavy atom. The standard InChI is InChI=1S/C26H20N4O5S2/c1-17-7-13-21(14-8-17)37(32,33)35-20-11-9-18(10-12-20)15-22-24(27)30-26(28-25(22)31)36-23(29-30)16-34-19-5-3-2-4-6-19/h2-15,27H,16H2,1H3/b22-15-,27-24?. The lowest BCUT2D eigenvalue weighted by atomic mass is 10.1. The van der Waals surface area contributed by atoms with E-state index in [2.05, 4.69) is 10.1 Å². The van der Waals surface area contributed by atoms with Gasteiger partial charge in [0.1, 0.15) is 28.0 Å². The second-order valence-electron chi connectivity index (χ2n) is 8.04. The Morgan fingerprint density at radius 2 is 1.68 bits per heavy atom. The van der Waals surface area contributed by atoms with E-state index in [4.69, 9.17) is 14.3 Å². The fraction of sp³-hybridized carbons (Fsp3) is 0.0769. The first-order chi connectivity index (χ1) is 17.8. The maximum Gasteiger partial charge on any atom is 0.339 e. The SMILES string of the molecule is Cc1ccc(S(=O)(=O)Oc2ccc(/C=C3/C(=N)N4N=C(COc5ccccc5)SC4=NC3=O)cc2)cc1. The van der Waals surface area contributed by atoms with E-state index in [1.165, 1.54) is 47.1 Å². The van der Waals surface area contributed by atoms with Gasteiger partial charge in [0, 0.05) is 0 Å². The molecule has 186 valence electrons. The molecular weight excluding hydrogens is 512 g/mol. The second-order valence-corrected chi connectivity index (χ2v) is 10.6. The predicted molar refractivity (Wildman–Crippen MR) is 142 cm³/mol. The van der Waals surface area contributed by atoms with E-state index < -0.39 is 16.0 Å². The van der Waals surface area contributed by atoms with E-state index in [0.29, 0.717) is 21.5 Å². The van der Waals surface area contributed by atoms with Crippen molar-refractivity contribution in [1.82, 2.24) is 5.01 Å². The Morgan fingerprint density at radius 3 is 2.38 bits per heavy atom. The number of carbonyl (C=O) groups is 1. The molecule has 11 heteroatoms. The number of hydrogen-bond acceptors (Lipinski definition) is 8. The first-order valence-electron chi connectivity index (χ1n) is 11.1. The minimum Gasteiger partial charge on any atom is -0.487 e. The summed E-state index contributed by atoms with van der Waals surface area (Å²) in [5.74, 6) is 0.131. The molecule has 9 nitrogen and oxygen atoms in total. The highest BCUT2D eigenvalue weighted by atomic mass is 32.2. The molecule has 0 unspecified atom stereocenters. The van der Waals surface area contributed by atoms with Gasteiger partial charge in [0.2, 0.25) is 5.17 Å². The number of carbonyl (C=O) groups excluding carboxylic acids is 1. The van der Waals surface area contributed by atoms with Gasteiger partial charge in [-0.25, -0.2) is 0 Å². The minimum atomic E-state index is -3.98. The number of ether oxygens (including phenoxy) is 1. The number of amidine groups is 2. The molecule has 37 heavy (non-hydrogen) atoms. The van der Waals surface area contributed by atoms with Crippen LogP contribution in [0.3, 0.4) is 0 Å². The zero-order valence-electron chi connectivity index (χ0n) is 19.5. The average molecular weight is 533 g/mol. The molecule has 0 bridgehead atoms. The van der Waals surface area contributed by atoms with Crippen molar-refractivity contribution < 1.29 is 22.1 Å². The molecule has 0 saturated carbocycles. The van der Waals surface area contributed by atoms with Crippen LogP contribution in [0.5, 0.6) is 11.5 Å². The largest absolute Gasteiger partial charge is 0.487 e. The number of aliphatic imine (C=N–C) groups is 1. The Hall–Kier alpha value is -4.22. The number of benzene rings is 3. The van der Waals surface area contributed by atoms with Crippen molar-refractivity contribution in [1.29, 1.82) is 5.41 Å². The smallest absolute Gasteiger partial charge is 0.339 e. The van der Waals surface area contributed by atoms with E-state index in [-0.39, 0.29) is 28.7 Å². The van der Waals surface area contributed by atoms with Crippen LogP contribution in [0.1, 0.15) is 11.1 Å². The van der Waals surface area contributed by atoms with Crippen molar-refractivity contribution in [2.75, 3.05) is 6.61 Å². The number of thioether (sulfide) groups is 1. The van der Waals surface area contributed by atoms with Gasteiger partial charge >= 0.3 is 10.1 Å². The van der Waals surface area contributed by atoms with Crippen LogP contribution >= 0.6 is 11.8 Å². The van der Waals surface area contributed by atoms with Crippen molar-refractivity contribution in [3.63, 3.8) is 0 Å². The second kappa shape index (κ2) is 10.0. The van der Waals surface area contributed by atoms with Gasteiger partial charge in [-0.2, -0.15) is 23.5 Å². The van der Waals surface area contributed by atoms with E-state index in [9.17, 15) is 13.2 Å². The van der Waals surface area contributed by atoms with Crippen LogP contribution in [0.15, 0.2) is 99.4 Å². The van der Waals surface area contributed by atoms with Crippen molar-refractivity contribution >= 4 is 49.9 Å². The molecule has 0 spiro atoms. The highest BCUT2D eigenvalue weighted by Gasteiger charge is 2.35. The third kappa shape index (κ3) is 5.47. The maximum absolute atomic E-state index is 12.7. The van der Waals surface area contributed by atoms with Crippen LogP contribution in [0, 0.1) is 12.3 Å². The van der Waals surface area contributed by atoms with Gasteiger partial charge < -0.3 is 8.92 Å². The Kier molecular flexibility index (Phi) is 6.64. The zero-order valence-corrected chi connectivity index (χ0v) is 21.1. The van der Waals surface area contributed by atoms with Crippen LogP contribution in [0.2, 0.25) is 0 Å². The molecule has 0 aliphatic carbocycles. The summed E-state index contributed by atoms with van der Waals surface area (Å²) in [5.41, 5.74) is 1.56. The molecule has 2 aliphatic heterocycles. The third-order valence-corrected chi connectivity index (χ3v) is 7.45. The Bertz CT molecular complexity index is 1560. The summed E-state index contributed by atoms with van der Waals surface area (Å²) in [4.78, 5) is 16.8. The van der Waals surface area contributed by atoms with Crippen LogP contribution in [-0.4, -0.2) is 42.0 Å². The van der Waals surface area contributed by atoms with Gasteiger partial charge in [-0.05, 0) is 66.7 Å². The normalized spacial score (nSPS) is 16.4. The number of hydrogen-bond donors (Lipinski definition) is 1. The molecule has 2 heterocycles. The molecule has 3 aromatic rings. The third-order valence-electron chi connectivity index (χ3n) is 5.31. The number of nitrogens with one attached hydrogen (secondary N) is 1. The number of fused-ring (bicyclic) bond motifs is 1. The zero-order chi connectivity index (χ0) is 26.0. The summed E-state index contributed by atoms with van der Waals surface area (Å²) in [7, 11) is -3.98. The van der Waals surface area contributed by atoms with Crippen molar-refractivity contribution in [2.24, 2.45) is 10.1 Å². The highest BCUT2D eigenvalue weighted by Crippen LogP contribution is 2.29. The first kappa shape index (κ1) is 24.5. The molecule has 5 rings (SSSR count). The number of aryl methyl sites for hydroxylation is 1. The van der Waals surface area contributed by atoms with Crippen molar-refractivity contribution in [3.05, 3.63) is 95.6 Å². The van der Waals surface area contributed by atoms with Gasteiger partial charge in [0.15, 0.2) is 5.84 Å². The summed E-state index contributed by atoms with van der Waals surface area (Å²) in [6.07, 6.45) is 1.50. The number of hydrazone groups is 1. The number of para-hydroxylation sites is 1. The Labute approximate surface area is 217 Å². The number of nitrogens with zero attached hydrogens (tertiary/aromatic N) is 3. The quantitative estimate of drug-likeness (QED) is 0.352. The summed E-state index contributed by atoms with van der Waals surface area (Å²) < 4.78 is 35.9. The monoisotopic (exact) mass is 532 g/mol. The van der Waals surface area contributed by atoms with E-state index in [1.807, 2.05) is 37.3 Å². The van der Waals surface area contributed by atoms with Crippen LogP contribution in [0.25, 0.3) is 6.08 Å². The fourth-order valence-corrected chi connectivity index (χ4v) is 5.15. The van der Waals surface area contributed by atoms with Gasteiger partial charge in [-0.1, -0.05) is 48.0 Å². The number of rotatable bonds is 7. The van der Waals surface area contributed by atoms with E-state index in [1.54, 1.807) is 24.3 Å². The predicted octanol–water partition coefficient (Wildman–Crippen LogP) is 4.46. The number of amides is 1. The minimum absolute atomic E-state index is 0.0526. The lowest BCUT2D eigenvalue weighted by molar-refractivity contribution is -0.114. The van der Waals surface area contributed by atoms with Gasteiger partial charge in [0.05, 0.1) is 5.57 Å². The van der Waals surface area contributed by atoms with E-state index >= 15 is 0 Å². The molecule has 0 radical (unpaired) electrons. The first-order valence-corrected chi connectivity index (χ1v) is 13.3. The molecule has 0 fully saturated rings. The lowest BCUT2D eigenvalue weighted by Crippen LogP contribution is -2.35. The lowest BCUT2D eigenvalue weighted by Gasteiger charge is -2.20. The van der Waals surface area contributed by atoms with Crippen LogP contribution in [-0.2, 0) is 14.9 Å². The van der Waals surface area contributed by atoms with Crippen LogP contribution in [0.4, 0.5) is 0 Å². The molecule has 1 N–H and O–H groups in total. The van der Waals surface area contributed by atoms with E-state index in [0.717, 1.165) is 5.56 Å². The van der Waals surface area contributed by atoms with Crippen molar-refractivity contribution in [3.8, 4) is 11.5 Å². The Balaban J connectivity index is 1.29. The maximum atomic E-state index is 12.7. The fourth-order valence-electron chi connectivity index (χ4n) is 3.42. The molecule has 0 atom stereocenters. The molecule has 0 aromatic heterocycles.